The molecule has 0 unspecified atom stereocenters. The van der Waals surface area contributed by atoms with Crippen molar-refractivity contribution in [2.45, 2.75) is 20.3 Å². The minimum Gasteiger partial charge on any atom is -0.404 e. The van der Waals surface area contributed by atoms with Crippen LogP contribution in [-0.2, 0) is 0 Å². The van der Waals surface area contributed by atoms with Crippen molar-refractivity contribution in [2.24, 2.45) is 10.7 Å². The fourth-order valence-electron chi connectivity index (χ4n) is 0.907. The zero-order valence-corrected chi connectivity index (χ0v) is 8.67. The van der Waals surface area contributed by atoms with Crippen LogP contribution in [0.2, 0.25) is 0 Å². The Labute approximate surface area is 80.6 Å². The number of hydrogen-bond donors (Lipinski definition) is 1. The first-order valence-electron chi connectivity index (χ1n) is 4.36. The average molecular weight is 178 g/mol. The third-order valence-corrected chi connectivity index (χ3v) is 1.78. The number of nitrogens with two attached hydrogens (primary N) is 1. The van der Waals surface area contributed by atoms with Gasteiger partial charge >= 0.3 is 0 Å². The van der Waals surface area contributed by atoms with E-state index in [1.807, 2.05) is 13.0 Å². The van der Waals surface area contributed by atoms with E-state index < -0.39 is 0 Å². The van der Waals surface area contributed by atoms with Crippen molar-refractivity contribution in [3.63, 3.8) is 0 Å². The van der Waals surface area contributed by atoms with Gasteiger partial charge in [-0.25, -0.2) is 0 Å². The molecule has 0 fully saturated rings. The molecule has 0 aromatic rings. The molecule has 13 heavy (non-hydrogen) atoms. The maximum atomic E-state index is 5.45. The largest absolute Gasteiger partial charge is 0.404 e. The number of hydrogen-bond acceptors (Lipinski definition) is 2. The van der Waals surface area contributed by atoms with Crippen LogP contribution in [0.5, 0.6) is 0 Å². The second kappa shape index (κ2) is 6.23. The Kier molecular flexibility index (Phi) is 5.60. The highest BCUT2D eigenvalue weighted by Gasteiger charge is 1.95. The number of aliphatic imine (C=N–C) groups is 1. The molecular weight excluding hydrogens is 160 g/mol. The van der Waals surface area contributed by atoms with Gasteiger partial charge in [0.2, 0.25) is 0 Å². The monoisotopic (exact) mass is 178 g/mol. The van der Waals surface area contributed by atoms with Gasteiger partial charge in [0.25, 0.3) is 0 Å². The van der Waals surface area contributed by atoms with E-state index >= 15 is 0 Å². The van der Waals surface area contributed by atoms with Gasteiger partial charge in [-0.15, -0.1) is 0 Å². The summed E-state index contributed by atoms with van der Waals surface area (Å²) < 4.78 is 0. The molecule has 0 saturated carbocycles. The van der Waals surface area contributed by atoms with Gasteiger partial charge in [0.05, 0.1) is 0 Å². The maximum absolute atomic E-state index is 5.45. The van der Waals surface area contributed by atoms with Crippen LogP contribution in [-0.4, -0.2) is 13.3 Å². The lowest BCUT2D eigenvalue weighted by atomic mass is 10.1. The summed E-state index contributed by atoms with van der Waals surface area (Å²) in [6, 6.07) is 0. The first-order chi connectivity index (χ1) is 6.15. The molecule has 72 valence electrons. The summed E-state index contributed by atoms with van der Waals surface area (Å²) in [5, 5.41) is 0. The number of allylic oxidation sites excluding steroid dienone is 4. The quantitative estimate of drug-likeness (QED) is 0.521. The molecule has 0 aliphatic rings. The molecule has 0 spiro atoms. The molecular formula is C11H18N2. The summed E-state index contributed by atoms with van der Waals surface area (Å²) in [6.07, 6.45) is 6.29. The molecule has 0 heterocycles. The van der Waals surface area contributed by atoms with Crippen LogP contribution in [0, 0.1) is 0 Å². The van der Waals surface area contributed by atoms with Crippen LogP contribution in [0.3, 0.4) is 0 Å². The van der Waals surface area contributed by atoms with E-state index in [4.69, 9.17) is 5.73 Å². The van der Waals surface area contributed by atoms with E-state index in [9.17, 15) is 0 Å². The van der Waals surface area contributed by atoms with Crippen LogP contribution >= 0.6 is 0 Å². The Bertz CT molecular complexity index is 257. The highest BCUT2D eigenvalue weighted by Crippen LogP contribution is 2.10. The fraction of sp³-hybridized carbons (Fsp3) is 0.364. The Balaban J connectivity index is 4.65. The summed E-state index contributed by atoms with van der Waals surface area (Å²) in [5.41, 5.74) is 8.59. The van der Waals surface area contributed by atoms with Gasteiger partial charge in [0.1, 0.15) is 0 Å². The average Bonchev–Trinajstić information content (AvgIpc) is 2.13. The van der Waals surface area contributed by atoms with E-state index in [1.54, 1.807) is 19.5 Å². The molecule has 0 bridgehead atoms. The second-order valence-corrected chi connectivity index (χ2v) is 2.85. The van der Waals surface area contributed by atoms with Gasteiger partial charge in [-0.05, 0) is 18.9 Å². The Morgan fingerprint density at radius 2 is 2.15 bits per heavy atom. The third-order valence-electron chi connectivity index (χ3n) is 1.78. The Morgan fingerprint density at radius 1 is 1.54 bits per heavy atom. The summed E-state index contributed by atoms with van der Waals surface area (Å²) in [6.45, 7) is 7.98. The predicted octanol–water partition coefficient (Wildman–Crippen LogP) is 2.44. The van der Waals surface area contributed by atoms with Crippen molar-refractivity contribution < 1.29 is 0 Å². The molecule has 0 aromatic heterocycles. The van der Waals surface area contributed by atoms with E-state index in [0.717, 1.165) is 23.1 Å². The Hall–Kier alpha value is -1.31. The SMILES string of the molecule is C=C(/C=C(C)/C(C=NC)=C/N)CC. The normalized spacial score (nSPS) is 13.8. The van der Waals surface area contributed by atoms with Crippen LogP contribution in [0.1, 0.15) is 20.3 Å². The molecule has 0 radical (unpaired) electrons. The van der Waals surface area contributed by atoms with Crippen LogP contribution in [0.15, 0.2) is 40.6 Å². The summed E-state index contributed by atoms with van der Waals surface area (Å²) in [4.78, 5) is 3.92. The van der Waals surface area contributed by atoms with Gasteiger partial charge in [0, 0.05) is 25.0 Å². The molecule has 2 N–H and O–H groups in total. The molecule has 0 aliphatic heterocycles. The van der Waals surface area contributed by atoms with E-state index in [1.165, 1.54) is 0 Å². The number of rotatable bonds is 4. The molecule has 0 atom stereocenters. The predicted molar refractivity (Wildman–Crippen MR) is 59.9 cm³/mol. The van der Waals surface area contributed by atoms with Gasteiger partial charge in [-0.1, -0.05) is 25.2 Å². The van der Waals surface area contributed by atoms with E-state index in [-0.39, 0.29) is 0 Å². The first kappa shape index (κ1) is 11.7. The molecule has 0 saturated heterocycles. The lowest BCUT2D eigenvalue weighted by molar-refractivity contribution is 1.15. The minimum atomic E-state index is 0.942. The first-order valence-corrected chi connectivity index (χ1v) is 4.36. The van der Waals surface area contributed by atoms with Gasteiger partial charge in [0.15, 0.2) is 0 Å². The minimum absolute atomic E-state index is 0.942. The summed E-state index contributed by atoms with van der Waals surface area (Å²) in [5.74, 6) is 0. The molecule has 0 aliphatic carbocycles. The number of nitrogens with zero attached hydrogens (tertiary/aromatic N) is 1. The standard InChI is InChI=1S/C11H18N2/c1-5-9(2)6-10(3)11(7-12)8-13-4/h6-8H,2,5,12H2,1,3-4H3/b10-6+,11-7+,13-8?. The topological polar surface area (TPSA) is 38.4 Å². The van der Waals surface area contributed by atoms with Crippen molar-refractivity contribution >= 4 is 6.21 Å². The van der Waals surface area contributed by atoms with Crippen molar-refractivity contribution in [1.29, 1.82) is 0 Å². The molecule has 0 aromatic carbocycles. The van der Waals surface area contributed by atoms with Crippen LogP contribution in [0.25, 0.3) is 0 Å². The lowest BCUT2D eigenvalue weighted by Crippen LogP contribution is -1.93. The van der Waals surface area contributed by atoms with Crippen molar-refractivity contribution in [3.05, 3.63) is 35.6 Å². The summed E-state index contributed by atoms with van der Waals surface area (Å²) in [7, 11) is 1.73. The van der Waals surface area contributed by atoms with Gasteiger partial charge in [-0.2, -0.15) is 0 Å². The summed E-state index contributed by atoms with van der Waals surface area (Å²) >= 11 is 0. The molecule has 2 nitrogen and oxygen atoms in total. The van der Waals surface area contributed by atoms with Crippen LogP contribution in [0.4, 0.5) is 0 Å². The van der Waals surface area contributed by atoms with Gasteiger partial charge < -0.3 is 5.73 Å². The van der Waals surface area contributed by atoms with Crippen LogP contribution < -0.4 is 5.73 Å². The lowest BCUT2D eigenvalue weighted by Gasteiger charge is -2.01. The smallest absolute Gasteiger partial charge is 0.0298 e. The zero-order chi connectivity index (χ0) is 10.3. The second-order valence-electron chi connectivity index (χ2n) is 2.85. The highest BCUT2D eigenvalue weighted by atomic mass is 14.6. The molecule has 2 heteroatoms. The molecule has 0 rings (SSSR count). The fourth-order valence-corrected chi connectivity index (χ4v) is 0.907. The van der Waals surface area contributed by atoms with Crippen molar-refractivity contribution in [3.8, 4) is 0 Å². The van der Waals surface area contributed by atoms with Crippen molar-refractivity contribution in [1.82, 2.24) is 0 Å². The van der Waals surface area contributed by atoms with E-state index in [2.05, 4.69) is 18.5 Å². The highest BCUT2D eigenvalue weighted by molar-refractivity contribution is 5.84. The Morgan fingerprint density at radius 3 is 2.54 bits per heavy atom. The molecule has 0 amide bonds. The zero-order valence-electron chi connectivity index (χ0n) is 8.67. The maximum Gasteiger partial charge on any atom is 0.0298 e. The van der Waals surface area contributed by atoms with E-state index in [0.29, 0.717) is 0 Å². The third kappa shape index (κ3) is 4.31. The van der Waals surface area contributed by atoms with Gasteiger partial charge in [-0.3, -0.25) is 4.99 Å². The van der Waals surface area contributed by atoms with Crippen molar-refractivity contribution in [2.75, 3.05) is 7.05 Å².